The Morgan fingerprint density at radius 3 is 1.61 bits per heavy atom. The summed E-state index contributed by atoms with van der Waals surface area (Å²) in [6, 6.07) is 8.95. The molecule has 2 aromatic carbocycles. The maximum absolute atomic E-state index is 12.4. The summed E-state index contributed by atoms with van der Waals surface area (Å²) in [4.78, 5) is 75.5. The average molecular weight is 525 g/mol. The first kappa shape index (κ1) is 28.2. The minimum atomic E-state index is -0.422. The molecule has 0 aliphatic carbocycles. The number of nitrogens with zero attached hydrogens (tertiary/aromatic N) is 2. The Morgan fingerprint density at radius 2 is 1.11 bits per heavy atom. The highest BCUT2D eigenvalue weighted by Crippen LogP contribution is 2.24. The number of amides is 6. The van der Waals surface area contributed by atoms with Gasteiger partial charge in [-0.2, -0.15) is 0 Å². The lowest BCUT2D eigenvalue weighted by Crippen LogP contribution is -2.29. The SMILES string of the molecule is CC.CCN1C(=O)c2ccc(C(=O)NCCCCCNC(=O)c3ccc4c(c3)C(=O)N(C)C4=O)cc2C1=O.[HH].[HH]. The molecule has 0 fully saturated rings. The Bertz CT molecular complexity index is 1310. The summed E-state index contributed by atoms with van der Waals surface area (Å²) in [5.41, 5.74) is 1.72. The topological polar surface area (TPSA) is 133 Å². The zero-order chi connectivity index (χ0) is 28.0. The van der Waals surface area contributed by atoms with E-state index in [1.807, 2.05) is 13.8 Å². The molecule has 0 bridgehead atoms. The largest absolute Gasteiger partial charge is 0.352 e. The second kappa shape index (κ2) is 12.3. The molecule has 2 N–H and O–H groups in total. The van der Waals surface area contributed by atoms with E-state index in [2.05, 4.69) is 10.6 Å². The first-order chi connectivity index (χ1) is 18.2. The first-order valence-corrected chi connectivity index (χ1v) is 12.8. The maximum Gasteiger partial charge on any atom is 0.261 e. The minimum Gasteiger partial charge on any atom is -0.352 e. The van der Waals surface area contributed by atoms with Crippen LogP contribution < -0.4 is 10.6 Å². The highest BCUT2D eigenvalue weighted by Gasteiger charge is 2.35. The van der Waals surface area contributed by atoms with Crippen LogP contribution in [0.5, 0.6) is 0 Å². The smallest absolute Gasteiger partial charge is 0.261 e. The fraction of sp³-hybridized carbons (Fsp3) is 0.357. The number of benzene rings is 2. The molecule has 10 nitrogen and oxygen atoms in total. The van der Waals surface area contributed by atoms with Crippen molar-refractivity contribution in [1.29, 1.82) is 0 Å². The number of imide groups is 2. The molecule has 2 aliphatic heterocycles. The lowest BCUT2D eigenvalue weighted by molar-refractivity contribution is 0.0656. The second-order valence-corrected chi connectivity index (χ2v) is 8.62. The van der Waals surface area contributed by atoms with Crippen molar-refractivity contribution >= 4 is 35.4 Å². The fourth-order valence-corrected chi connectivity index (χ4v) is 4.26. The van der Waals surface area contributed by atoms with E-state index in [-0.39, 0.29) is 50.1 Å². The van der Waals surface area contributed by atoms with Gasteiger partial charge in [0.25, 0.3) is 35.4 Å². The number of hydrogen-bond donors (Lipinski definition) is 2. The summed E-state index contributed by atoms with van der Waals surface area (Å²) < 4.78 is 0. The molecule has 0 saturated carbocycles. The lowest BCUT2D eigenvalue weighted by atomic mass is 10.1. The quantitative estimate of drug-likeness (QED) is 0.382. The van der Waals surface area contributed by atoms with Crippen LogP contribution in [0.25, 0.3) is 0 Å². The third-order valence-electron chi connectivity index (χ3n) is 6.33. The molecule has 204 valence electrons. The van der Waals surface area contributed by atoms with E-state index in [4.69, 9.17) is 0 Å². The molecule has 6 amide bonds. The monoisotopic (exact) mass is 524 g/mol. The van der Waals surface area contributed by atoms with Crippen molar-refractivity contribution < 1.29 is 31.6 Å². The first-order valence-electron chi connectivity index (χ1n) is 12.8. The molecule has 0 unspecified atom stereocenters. The Labute approximate surface area is 224 Å². The van der Waals surface area contributed by atoms with Gasteiger partial charge in [-0.25, -0.2) is 0 Å². The van der Waals surface area contributed by atoms with E-state index in [1.165, 1.54) is 43.4 Å². The van der Waals surface area contributed by atoms with Crippen molar-refractivity contribution in [2.45, 2.75) is 40.0 Å². The van der Waals surface area contributed by atoms with Gasteiger partial charge in [0, 0.05) is 40.7 Å². The van der Waals surface area contributed by atoms with Crippen LogP contribution >= 0.6 is 0 Å². The average Bonchev–Trinajstić information content (AvgIpc) is 3.31. The highest BCUT2D eigenvalue weighted by atomic mass is 16.2. The van der Waals surface area contributed by atoms with Gasteiger partial charge in [0.1, 0.15) is 0 Å². The Balaban J connectivity index is 0.00000196. The molecule has 0 saturated heterocycles. The summed E-state index contributed by atoms with van der Waals surface area (Å²) in [5.74, 6) is -2.18. The Morgan fingerprint density at radius 1 is 0.684 bits per heavy atom. The summed E-state index contributed by atoms with van der Waals surface area (Å²) in [7, 11) is 1.40. The number of carbonyl (C=O) groups is 6. The zero-order valence-corrected chi connectivity index (χ0v) is 22.1. The Hall–Kier alpha value is -4.34. The molecule has 2 aliphatic rings. The van der Waals surface area contributed by atoms with Gasteiger partial charge in [-0.05, 0) is 62.6 Å². The molecule has 0 radical (unpaired) electrons. The zero-order valence-electron chi connectivity index (χ0n) is 22.1. The van der Waals surface area contributed by atoms with Crippen LogP contribution in [0.15, 0.2) is 36.4 Å². The Kier molecular flexibility index (Phi) is 9.11. The van der Waals surface area contributed by atoms with E-state index >= 15 is 0 Å². The van der Waals surface area contributed by atoms with Gasteiger partial charge in [0.2, 0.25) is 0 Å². The highest BCUT2D eigenvalue weighted by molar-refractivity contribution is 6.22. The van der Waals surface area contributed by atoms with Crippen LogP contribution in [0.1, 0.15) is 105 Å². The number of nitrogens with one attached hydrogen (secondary N) is 2. The number of unbranched alkanes of at least 4 members (excludes halogenated alkanes) is 2. The van der Waals surface area contributed by atoms with Crippen LogP contribution in [0, 0.1) is 0 Å². The van der Waals surface area contributed by atoms with Gasteiger partial charge in [0.05, 0.1) is 22.3 Å². The molecule has 10 heteroatoms. The standard InChI is InChI=1S/C26H26N4O6.C2H6.2H2/c1-3-30-25(35)18-10-8-16(14-20(18)26(30)36)22(32)28-12-6-4-5-11-27-21(31)15-7-9-17-19(13-15)24(34)29(2)23(17)33;1-2;;/h7-10,13-14H,3-6,11-12H2,1-2H3,(H,27,31)(H,28,32);1-2H3;2*1H. The second-order valence-electron chi connectivity index (χ2n) is 8.62. The fourth-order valence-electron chi connectivity index (χ4n) is 4.26. The van der Waals surface area contributed by atoms with Gasteiger partial charge < -0.3 is 10.6 Å². The van der Waals surface area contributed by atoms with E-state index in [0.29, 0.717) is 48.2 Å². The van der Waals surface area contributed by atoms with Crippen molar-refractivity contribution in [2.75, 3.05) is 26.7 Å². The van der Waals surface area contributed by atoms with Gasteiger partial charge in [-0.15, -0.1) is 0 Å². The van der Waals surface area contributed by atoms with E-state index < -0.39 is 5.91 Å². The lowest BCUT2D eigenvalue weighted by Gasteiger charge is -2.08. The van der Waals surface area contributed by atoms with Crippen molar-refractivity contribution in [3.63, 3.8) is 0 Å². The molecular weight excluding hydrogens is 488 g/mol. The maximum atomic E-state index is 12.4. The third kappa shape index (κ3) is 5.49. The number of carbonyl (C=O) groups excluding carboxylic acids is 6. The third-order valence-corrected chi connectivity index (χ3v) is 6.33. The van der Waals surface area contributed by atoms with Crippen LogP contribution in [-0.2, 0) is 0 Å². The molecule has 0 atom stereocenters. The predicted molar refractivity (Wildman–Crippen MR) is 144 cm³/mol. The summed E-state index contributed by atoms with van der Waals surface area (Å²) in [6.07, 6.45) is 2.13. The van der Waals surface area contributed by atoms with Gasteiger partial charge in [-0.3, -0.25) is 38.6 Å². The number of hydrogen-bond acceptors (Lipinski definition) is 6. The molecule has 0 spiro atoms. The number of fused-ring (bicyclic) bond motifs is 2. The molecule has 4 rings (SSSR count). The van der Waals surface area contributed by atoms with E-state index in [1.54, 1.807) is 6.92 Å². The van der Waals surface area contributed by atoms with E-state index in [9.17, 15) is 28.8 Å². The van der Waals surface area contributed by atoms with Gasteiger partial charge in [0.15, 0.2) is 0 Å². The molecule has 2 heterocycles. The van der Waals surface area contributed by atoms with E-state index in [0.717, 1.165) is 16.2 Å². The van der Waals surface area contributed by atoms with Crippen LogP contribution in [-0.4, -0.2) is 71.9 Å². The predicted octanol–water partition coefficient (Wildman–Crippen LogP) is 3.38. The van der Waals surface area contributed by atoms with Crippen LogP contribution in [0.3, 0.4) is 0 Å². The molecular formula is C28H36N4O6. The molecule has 2 aromatic rings. The summed E-state index contributed by atoms with van der Waals surface area (Å²) in [5, 5.41) is 5.60. The van der Waals surface area contributed by atoms with Crippen molar-refractivity contribution in [1.82, 2.24) is 20.4 Å². The normalized spacial score (nSPS) is 13.7. The van der Waals surface area contributed by atoms with Gasteiger partial charge in [-0.1, -0.05) is 13.8 Å². The minimum absolute atomic E-state index is 0. The van der Waals surface area contributed by atoms with Crippen molar-refractivity contribution in [2.24, 2.45) is 0 Å². The summed E-state index contributed by atoms with van der Waals surface area (Å²) >= 11 is 0. The summed E-state index contributed by atoms with van der Waals surface area (Å²) in [6.45, 7) is 6.84. The van der Waals surface area contributed by atoms with Crippen LogP contribution in [0.4, 0.5) is 0 Å². The number of rotatable bonds is 9. The van der Waals surface area contributed by atoms with Crippen LogP contribution in [0.2, 0.25) is 0 Å². The molecule has 0 aromatic heterocycles. The van der Waals surface area contributed by atoms with Gasteiger partial charge >= 0.3 is 0 Å². The molecule has 38 heavy (non-hydrogen) atoms. The van der Waals surface area contributed by atoms with Crippen molar-refractivity contribution in [3.8, 4) is 0 Å². The van der Waals surface area contributed by atoms with Crippen molar-refractivity contribution in [3.05, 3.63) is 69.8 Å².